The van der Waals surface area contributed by atoms with Crippen LogP contribution in [0.4, 0.5) is 11.5 Å². The second-order valence-electron chi connectivity index (χ2n) is 11.1. The van der Waals surface area contributed by atoms with Gasteiger partial charge in [0.1, 0.15) is 5.82 Å². The van der Waals surface area contributed by atoms with Crippen molar-refractivity contribution in [3.05, 3.63) is 72.7 Å². The van der Waals surface area contributed by atoms with Crippen LogP contribution in [0.3, 0.4) is 0 Å². The number of nitrogens with one attached hydrogen (secondary N) is 3. The van der Waals surface area contributed by atoms with Gasteiger partial charge in [0.2, 0.25) is 0 Å². The third-order valence-electron chi connectivity index (χ3n) is 7.30. The molecular weight excluding hydrogens is 518 g/mol. The number of rotatable bonds is 8. The van der Waals surface area contributed by atoms with E-state index in [1.807, 2.05) is 29.3 Å². The molecule has 9 heteroatoms. The second kappa shape index (κ2) is 11.2. The summed E-state index contributed by atoms with van der Waals surface area (Å²) >= 11 is 1.69. The average molecular weight is 554 g/mol. The van der Waals surface area contributed by atoms with Crippen LogP contribution in [0.2, 0.25) is 0 Å². The topological polar surface area (TPSA) is 99.9 Å². The zero-order valence-electron chi connectivity index (χ0n) is 23.1. The summed E-state index contributed by atoms with van der Waals surface area (Å²) in [5.74, 6) is 0.769. The molecule has 1 saturated heterocycles. The third kappa shape index (κ3) is 5.83. The van der Waals surface area contributed by atoms with Crippen LogP contribution in [0, 0.1) is 6.92 Å². The van der Waals surface area contributed by atoms with Crippen LogP contribution in [0.25, 0.3) is 32.9 Å². The van der Waals surface area contributed by atoms with Gasteiger partial charge in [-0.25, -0.2) is 4.98 Å². The maximum absolute atomic E-state index is 10.3. The summed E-state index contributed by atoms with van der Waals surface area (Å²) in [6.45, 7) is 8.26. The van der Waals surface area contributed by atoms with Crippen molar-refractivity contribution in [3.63, 3.8) is 0 Å². The minimum atomic E-state index is -0.845. The number of aromatic nitrogens is 4. The summed E-state index contributed by atoms with van der Waals surface area (Å²) in [5, 5.41) is 24.9. The Morgan fingerprint density at radius 3 is 2.70 bits per heavy atom. The first-order valence-electron chi connectivity index (χ1n) is 13.8. The molecule has 40 heavy (non-hydrogen) atoms. The SMILES string of the molecule is Cc1c(-c2nccc3cnc(Nc4ccc(SNC5CCCNC5)cc4)cc23)ccc2c1cnn2CC(C)(C)O. The van der Waals surface area contributed by atoms with Gasteiger partial charge in [0.15, 0.2) is 0 Å². The number of nitrogens with zero attached hydrogens (tertiary/aromatic N) is 4. The first-order chi connectivity index (χ1) is 19.3. The Hall–Kier alpha value is -3.50. The summed E-state index contributed by atoms with van der Waals surface area (Å²) < 4.78 is 5.44. The number of aryl methyl sites for hydroxylation is 1. The Morgan fingerprint density at radius 2 is 1.93 bits per heavy atom. The maximum Gasteiger partial charge on any atom is 0.130 e. The predicted octanol–water partition coefficient (Wildman–Crippen LogP) is 5.82. The van der Waals surface area contributed by atoms with E-state index in [-0.39, 0.29) is 0 Å². The number of piperidine rings is 1. The molecule has 0 bridgehead atoms. The fourth-order valence-corrected chi connectivity index (χ4v) is 6.02. The summed E-state index contributed by atoms with van der Waals surface area (Å²) in [5.41, 5.74) is 4.21. The first-order valence-corrected chi connectivity index (χ1v) is 14.6. The van der Waals surface area contributed by atoms with E-state index in [2.05, 4.69) is 74.8 Å². The summed E-state index contributed by atoms with van der Waals surface area (Å²) in [4.78, 5) is 10.6. The van der Waals surface area contributed by atoms with E-state index in [1.165, 1.54) is 17.7 Å². The van der Waals surface area contributed by atoms with E-state index < -0.39 is 5.60 Å². The lowest BCUT2D eigenvalue weighted by atomic mass is 9.98. The van der Waals surface area contributed by atoms with Gasteiger partial charge in [-0.2, -0.15) is 5.10 Å². The van der Waals surface area contributed by atoms with Gasteiger partial charge >= 0.3 is 0 Å². The first kappa shape index (κ1) is 26.7. The molecule has 1 atom stereocenters. The highest BCUT2D eigenvalue weighted by Crippen LogP contribution is 2.34. The quantitative estimate of drug-likeness (QED) is 0.179. The number of hydrogen-bond donors (Lipinski definition) is 4. The van der Waals surface area contributed by atoms with E-state index >= 15 is 0 Å². The second-order valence-corrected chi connectivity index (χ2v) is 12.1. The molecule has 1 fully saturated rings. The van der Waals surface area contributed by atoms with Gasteiger partial charge in [0.25, 0.3) is 0 Å². The lowest BCUT2D eigenvalue weighted by Gasteiger charge is -2.23. The number of anilines is 2. The molecule has 0 saturated carbocycles. The number of fused-ring (bicyclic) bond motifs is 2. The molecule has 1 unspecified atom stereocenters. The van der Waals surface area contributed by atoms with Gasteiger partial charge in [-0.3, -0.25) is 14.4 Å². The number of aliphatic hydroxyl groups is 1. The fraction of sp³-hybridized carbons (Fsp3) is 0.323. The van der Waals surface area contributed by atoms with Crippen LogP contribution in [-0.2, 0) is 6.54 Å². The monoisotopic (exact) mass is 553 g/mol. The van der Waals surface area contributed by atoms with Crippen molar-refractivity contribution in [1.82, 2.24) is 29.8 Å². The Bertz CT molecular complexity index is 1640. The van der Waals surface area contributed by atoms with Gasteiger partial charge in [0.05, 0.1) is 29.6 Å². The molecule has 1 aliphatic rings. The van der Waals surface area contributed by atoms with Crippen LogP contribution in [0.15, 0.2) is 72.0 Å². The van der Waals surface area contributed by atoms with Crippen molar-refractivity contribution < 1.29 is 5.11 Å². The minimum absolute atomic E-state index is 0.427. The highest BCUT2D eigenvalue weighted by Gasteiger charge is 2.18. The molecule has 1 aliphatic heterocycles. The summed E-state index contributed by atoms with van der Waals surface area (Å²) in [6, 6.07) is 17.2. The van der Waals surface area contributed by atoms with Gasteiger partial charge < -0.3 is 15.7 Å². The Balaban J connectivity index is 1.24. The van der Waals surface area contributed by atoms with Crippen molar-refractivity contribution in [2.75, 3.05) is 18.4 Å². The molecule has 2 aromatic carbocycles. The fourth-order valence-electron chi connectivity index (χ4n) is 5.25. The number of hydrogen-bond acceptors (Lipinski definition) is 8. The molecule has 4 heterocycles. The zero-order valence-corrected chi connectivity index (χ0v) is 23.9. The molecule has 4 N–H and O–H groups in total. The average Bonchev–Trinajstić information content (AvgIpc) is 3.35. The Morgan fingerprint density at radius 1 is 1.07 bits per heavy atom. The van der Waals surface area contributed by atoms with Gasteiger partial charge in [-0.1, -0.05) is 6.07 Å². The summed E-state index contributed by atoms with van der Waals surface area (Å²) in [6.07, 6.45) is 8.04. The van der Waals surface area contributed by atoms with Crippen LogP contribution in [-0.4, -0.2) is 49.6 Å². The number of pyridine rings is 2. The standard InChI is InChI=1S/C31H35N7OS/c1-20-25(10-11-28-27(20)18-35-38(28)19-31(2,3)39)30-26-15-29(34-16-21(26)12-14-33-30)36-22-6-8-24(9-7-22)40-37-23-5-4-13-32-17-23/h6-12,14-16,18,23,32,37,39H,4-5,13,17,19H2,1-3H3,(H,34,36). The lowest BCUT2D eigenvalue weighted by Crippen LogP contribution is -2.40. The molecule has 0 amide bonds. The van der Waals surface area contributed by atoms with Gasteiger partial charge in [0, 0.05) is 57.3 Å². The van der Waals surface area contributed by atoms with Crippen molar-refractivity contribution in [1.29, 1.82) is 0 Å². The molecule has 5 aromatic rings. The predicted molar refractivity (Wildman–Crippen MR) is 164 cm³/mol. The van der Waals surface area contributed by atoms with E-state index in [0.717, 1.165) is 63.1 Å². The largest absolute Gasteiger partial charge is 0.389 e. The molecular formula is C31H35N7OS. The lowest BCUT2D eigenvalue weighted by molar-refractivity contribution is 0.0591. The molecule has 0 spiro atoms. The van der Waals surface area contributed by atoms with Gasteiger partial charge in [-0.15, -0.1) is 0 Å². The van der Waals surface area contributed by atoms with E-state index in [0.29, 0.717) is 12.6 Å². The summed E-state index contributed by atoms with van der Waals surface area (Å²) in [7, 11) is 0. The van der Waals surface area contributed by atoms with E-state index in [9.17, 15) is 5.11 Å². The van der Waals surface area contributed by atoms with Crippen LogP contribution in [0.1, 0.15) is 32.3 Å². The van der Waals surface area contributed by atoms with Crippen molar-refractivity contribution in [3.8, 4) is 11.3 Å². The van der Waals surface area contributed by atoms with E-state index in [1.54, 1.807) is 25.8 Å². The molecule has 6 rings (SSSR count). The molecule has 0 radical (unpaired) electrons. The van der Waals surface area contributed by atoms with Crippen LogP contribution in [0.5, 0.6) is 0 Å². The van der Waals surface area contributed by atoms with Crippen molar-refractivity contribution in [2.24, 2.45) is 0 Å². The van der Waals surface area contributed by atoms with Crippen molar-refractivity contribution >= 4 is 45.1 Å². The van der Waals surface area contributed by atoms with E-state index in [4.69, 9.17) is 4.98 Å². The maximum atomic E-state index is 10.3. The molecule has 206 valence electrons. The smallest absolute Gasteiger partial charge is 0.130 e. The number of benzene rings is 2. The molecule has 0 aliphatic carbocycles. The third-order valence-corrected chi connectivity index (χ3v) is 8.26. The molecule has 3 aromatic heterocycles. The Labute approximate surface area is 238 Å². The highest BCUT2D eigenvalue weighted by molar-refractivity contribution is 7.97. The van der Waals surface area contributed by atoms with Crippen LogP contribution < -0.4 is 15.4 Å². The zero-order chi connectivity index (χ0) is 27.7. The minimum Gasteiger partial charge on any atom is -0.389 e. The van der Waals surface area contributed by atoms with Crippen LogP contribution >= 0.6 is 11.9 Å². The van der Waals surface area contributed by atoms with Gasteiger partial charge in [-0.05, 0) is 100 Å². The molecule has 8 nitrogen and oxygen atoms in total. The highest BCUT2D eigenvalue weighted by atomic mass is 32.2. The van der Waals surface area contributed by atoms with Crippen molar-refractivity contribution in [2.45, 2.75) is 56.7 Å². The normalized spacial score (nSPS) is 16.1. The Kier molecular flexibility index (Phi) is 7.46.